The van der Waals surface area contributed by atoms with E-state index >= 15 is 0 Å². The highest BCUT2D eigenvalue weighted by molar-refractivity contribution is 9.10. The fourth-order valence-electron chi connectivity index (χ4n) is 3.71. The summed E-state index contributed by atoms with van der Waals surface area (Å²) in [6, 6.07) is 27.7. The van der Waals surface area contributed by atoms with Crippen LogP contribution in [0.3, 0.4) is 0 Å². The van der Waals surface area contributed by atoms with Gasteiger partial charge in [0, 0.05) is 15.2 Å². The van der Waals surface area contributed by atoms with E-state index in [0.29, 0.717) is 57.8 Å². The van der Waals surface area contributed by atoms with Crippen LogP contribution >= 0.6 is 43.5 Å². The quantitative estimate of drug-likeness (QED) is 0.125. The third-order valence-electron chi connectivity index (χ3n) is 5.74. The Morgan fingerprint density at radius 3 is 2.17 bits per heavy atom. The highest BCUT2D eigenvalue weighted by Crippen LogP contribution is 2.38. The van der Waals surface area contributed by atoms with Gasteiger partial charge in [-0.25, -0.2) is 0 Å². The topological polar surface area (TPSA) is 80.6 Å². The molecule has 0 aliphatic carbocycles. The first-order valence-electron chi connectivity index (χ1n) is 12.6. The third-order valence-corrected chi connectivity index (χ3v) is 7.10. The minimum absolute atomic E-state index is 0.0639. The molecule has 4 aromatic carbocycles. The van der Waals surface area contributed by atoms with Gasteiger partial charge in [0.1, 0.15) is 30.6 Å². The van der Waals surface area contributed by atoms with Crippen molar-refractivity contribution in [1.82, 2.24) is 0 Å². The molecular formula is C32H25Br2ClN2O4. The van der Waals surface area contributed by atoms with Crippen molar-refractivity contribution < 1.29 is 19.0 Å². The number of hydrogen-bond acceptors (Lipinski definition) is 5. The summed E-state index contributed by atoms with van der Waals surface area (Å²) < 4.78 is 19.3. The standard InChI is InChI=1S/C32H25Br2ClN2O4/c1-2-39-30-17-23(16-29(34)31(30)41-20-21-3-7-25(33)8-4-21)15-24(18-36)32(38)37-27-11-13-28(14-12-27)40-19-22-5-9-26(35)10-6-22/h3-17H,2,19-20H2,1H3,(H,37,38)/b24-15+. The number of nitriles is 1. The van der Waals surface area contributed by atoms with Crippen molar-refractivity contribution >= 4 is 61.1 Å². The van der Waals surface area contributed by atoms with Crippen molar-refractivity contribution in [2.24, 2.45) is 0 Å². The fraction of sp³-hybridized carbons (Fsp3) is 0.125. The van der Waals surface area contributed by atoms with E-state index in [1.165, 1.54) is 6.08 Å². The van der Waals surface area contributed by atoms with Gasteiger partial charge in [-0.05, 0) is 106 Å². The Balaban J connectivity index is 1.43. The first-order chi connectivity index (χ1) is 19.8. The first-order valence-corrected chi connectivity index (χ1v) is 14.5. The summed E-state index contributed by atoms with van der Waals surface area (Å²) in [5, 5.41) is 13.1. The number of ether oxygens (including phenoxy) is 3. The Morgan fingerprint density at radius 2 is 1.54 bits per heavy atom. The van der Waals surface area contributed by atoms with Crippen molar-refractivity contribution in [2.45, 2.75) is 20.1 Å². The molecule has 9 heteroatoms. The average molecular weight is 697 g/mol. The SMILES string of the molecule is CCOc1cc(/C=C(\C#N)C(=O)Nc2ccc(OCc3ccc(Cl)cc3)cc2)cc(Br)c1OCc1ccc(Br)cc1. The molecule has 0 atom stereocenters. The molecule has 0 bridgehead atoms. The highest BCUT2D eigenvalue weighted by Gasteiger charge is 2.15. The van der Waals surface area contributed by atoms with E-state index in [2.05, 4.69) is 37.2 Å². The van der Waals surface area contributed by atoms with Gasteiger partial charge >= 0.3 is 0 Å². The summed E-state index contributed by atoms with van der Waals surface area (Å²) in [5.74, 6) is 1.14. The highest BCUT2D eigenvalue weighted by atomic mass is 79.9. The molecule has 4 rings (SSSR count). The van der Waals surface area contributed by atoms with Crippen LogP contribution in [0.15, 0.2) is 99.4 Å². The monoisotopic (exact) mass is 694 g/mol. The second kappa shape index (κ2) is 14.7. The van der Waals surface area contributed by atoms with Gasteiger partial charge in [0.05, 0.1) is 11.1 Å². The zero-order valence-corrected chi connectivity index (χ0v) is 25.9. The molecule has 0 aliphatic heterocycles. The number of nitrogens with zero attached hydrogens (tertiary/aromatic N) is 1. The van der Waals surface area contributed by atoms with Crippen LogP contribution in [0.5, 0.6) is 17.2 Å². The molecule has 41 heavy (non-hydrogen) atoms. The molecule has 208 valence electrons. The van der Waals surface area contributed by atoms with Crippen LogP contribution in [-0.2, 0) is 18.0 Å². The molecule has 6 nitrogen and oxygen atoms in total. The van der Waals surface area contributed by atoms with Gasteiger partial charge in [0.2, 0.25) is 0 Å². The number of hydrogen-bond donors (Lipinski definition) is 1. The minimum Gasteiger partial charge on any atom is -0.490 e. The van der Waals surface area contributed by atoms with Gasteiger partial charge in [-0.3, -0.25) is 4.79 Å². The van der Waals surface area contributed by atoms with E-state index < -0.39 is 5.91 Å². The molecule has 0 heterocycles. The average Bonchev–Trinajstić information content (AvgIpc) is 2.97. The van der Waals surface area contributed by atoms with E-state index in [4.69, 9.17) is 25.8 Å². The Labute approximate surface area is 260 Å². The summed E-state index contributed by atoms with van der Waals surface area (Å²) in [5.41, 5.74) is 3.05. The van der Waals surface area contributed by atoms with Crippen molar-refractivity contribution in [2.75, 3.05) is 11.9 Å². The second-order valence-corrected chi connectivity index (χ2v) is 10.9. The van der Waals surface area contributed by atoms with Crippen molar-refractivity contribution in [1.29, 1.82) is 5.26 Å². The van der Waals surface area contributed by atoms with E-state index in [0.717, 1.165) is 15.6 Å². The van der Waals surface area contributed by atoms with E-state index in [1.54, 1.807) is 36.4 Å². The van der Waals surface area contributed by atoms with Gasteiger partial charge < -0.3 is 19.5 Å². The number of rotatable bonds is 11. The molecule has 0 saturated heterocycles. The first kappa shape index (κ1) is 30.2. The Morgan fingerprint density at radius 1 is 0.902 bits per heavy atom. The second-order valence-electron chi connectivity index (χ2n) is 8.74. The van der Waals surface area contributed by atoms with Crippen LogP contribution in [0, 0.1) is 11.3 Å². The van der Waals surface area contributed by atoms with Crippen molar-refractivity contribution in [3.63, 3.8) is 0 Å². The predicted molar refractivity (Wildman–Crippen MR) is 168 cm³/mol. The minimum atomic E-state index is -0.535. The van der Waals surface area contributed by atoms with Gasteiger partial charge in [0.25, 0.3) is 5.91 Å². The lowest BCUT2D eigenvalue weighted by Gasteiger charge is -2.15. The smallest absolute Gasteiger partial charge is 0.266 e. The molecule has 0 unspecified atom stereocenters. The number of halogens is 3. The maximum atomic E-state index is 12.9. The molecule has 1 amide bonds. The number of amides is 1. The Bertz CT molecular complexity index is 1570. The van der Waals surface area contributed by atoms with Crippen LogP contribution in [0.4, 0.5) is 5.69 Å². The maximum absolute atomic E-state index is 12.9. The normalized spacial score (nSPS) is 11.0. The van der Waals surface area contributed by atoms with Gasteiger partial charge in [-0.1, -0.05) is 51.8 Å². The van der Waals surface area contributed by atoms with Gasteiger partial charge in [-0.15, -0.1) is 0 Å². The zero-order chi connectivity index (χ0) is 29.2. The molecule has 0 aliphatic rings. The van der Waals surface area contributed by atoms with Crippen LogP contribution in [0.1, 0.15) is 23.6 Å². The zero-order valence-electron chi connectivity index (χ0n) is 22.0. The molecule has 0 spiro atoms. The maximum Gasteiger partial charge on any atom is 0.266 e. The van der Waals surface area contributed by atoms with Crippen molar-refractivity contribution in [3.8, 4) is 23.3 Å². The summed E-state index contributed by atoms with van der Waals surface area (Å²) in [6.45, 7) is 3.02. The molecule has 1 N–H and O–H groups in total. The molecule has 0 saturated carbocycles. The van der Waals surface area contributed by atoms with Crippen LogP contribution in [0.2, 0.25) is 5.02 Å². The van der Waals surface area contributed by atoms with Gasteiger partial charge in [0.15, 0.2) is 11.5 Å². The third kappa shape index (κ3) is 8.86. The van der Waals surface area contributed by atoms with E-state index in [1.807, 2.05) is 61.5 Å². The van der Waals surface area contributed by atoms with E-state index in [9.17, 15) is 10.1 Å². The summed E-state index contributed by atoms with van der Waals surface area (Å²) in [4.78, 5) is 12.9. The molecule has 0 aromatic heterocycles. The molecule has 4 aromatic rings. The summed E-state index contributed by atoms with van der Waals surface area (Å²) in [7, 11) is 0. The Kier molecular flexibility index (Phi) is 10.9. The summed E-state index contributed by atoms with van der Waals surface area (Å²) in [6.07, 6.45) is 1.50. The van der Waals surface area contributed by atoms with Crippen LogP contribution in [-0.4, -0.2) is 12.5 Å². The molecule has 0 fully saturated rings. The fourth-order valence-corrected chi connectivity index (χ4v) is 4.67. The Hall–Kier alpha value is -3.77. The van der Waals surface area contributed by atoms with Crippen molar-refractivity contribution in [3.05, 3.63) is 121 Å². The number of carbonyl (C=O) groups excluding carboxylic acids is 1. The molecule has 0 radical (unpaired) electrons. The number of nitrogens with one attached hydrogen (secondary N) is 1. The lowest BCUT2D eigenvalue weighted by atomic mass is 10.1. The molecular weight excluding hydrogens is 672 g/mol. The predicted octanol–water partition coefficient (Wildman–Crippen LogP) is 8.97. The number of benzene rings is 4. The van der Waals surface area contributed by atoms with Crippen LogP contribution in [0.25, 0.3) is 6.08 Å². The van der Waals surface area contributed by atoms with Gasteiger partial charge in [-0.2, -0.15) is 5.26 Å². The largest absolute Gasteiger partial charge is 0.490 e. The van der Waals surface area contributed by atoms with Crippen LogP contribution < -0.4 is 19.5 Å². The summed E-state index contributed by atoms with van der Waals surface area (Å²) >= 11 is 12.9. The number of anilines is 1. The lowest BCUT2D eigenvalue weighted by Crippen LogP contribution is -2.13. The lowest BCUT2D eigenvalue weighted by molar-refractivity contribution is -0.112. The van der Waals surface area contributed by atoms with E-state index in [-0.39, 0.29) is 5.57 Å². The number of carbonyl (C=O) groups is 1.